The fraction of sp³-hybridized carbons (Fsp3) is 0. The molecule has 0 aromatic heterocycles. The van der Waals surface area contributed by atoms with Gasteiger partial charge >= 0.3 is 0 Å². The van der Waals surface area contributed by atoms with Crippen molar-refractivity contribution in [1.82, 2.24) is 0 Å². The third-order valence-corrected chi connectivity index (χ3v) is 2.75. The Kier molecular flexibility index (Phi) is 2.05. The van der Waals surface area contributed by atoms with Crippen LogP contribution in [0.3, 0.4) is 0 Å². The summed E-state index contributed by atoms with van der Waals surface area (Å²) in [4.78, 5) is 14.9. The first-order valence-corrected chi connectivity index (χ1v) is 5.27. The Bertz CT molecular complexity index is 683. The molecule has 2 aromatic rings. The molecule has 1 amide bonds. The van der Waals surface area contributed by atoms with Crippen LogP contribution in [0, 0.1) is 0 Å². The van der Waals surface area contributed by atoms with Crippen LogP contribution in [0.2, 0.25) is 0 Å². The van der Waals surface area contributed by atoms with Crippen LogP contribution in [0.15, 0.2) is 59.3 Å². The molecule has 0 aliphatic carbocycles. The Morgan fingerprint density at radius 1 is 1.00 bits per heavy atom. The van der Waals surface area contributed by atoms with Crippen LogP contribution < -0.4 is 0 Å². The first-order valence-electron chi connectivity index (χ1n) is 5.27. The number of aliphatic hydroxyl groups excluding tert-OH is 1. The van der Waals surface area contributed by atoms with E-state index in [2.05, 4.69) is 4.99 Å². The van der Waals surface area contributed by atoms with E-state index in [0.29, 0.717) is 5.71 Å². The van der Waals surface area contributed by atoms with Crippen molar-refractivity contribution < 1.29 is 9.90 Å². The summed E-state index contributed by atoms with van der Waals surface area (Å²) < 4.78 is 0. The van der Waals surface area contributed by atoms with Gasteiger partial charge in [0.15, 0.2) is 0 Å². The van der Waals surface area contributed by atoms with Crippen LogP contribution in [-0.2, 0) is 4.79 Å². The molecule has 1 heterocycles. The van der Waals surface area contributed by atoms with Gasteiger partial charge in [-0.2, -0.15) is 0 Å². The molecule has 1 aliphatic heterocycles. The van der Waals surface area contributed by atoms with E-state index in [9.17, 15) is 9.90 Å². The highest BCUT2D eigenvalue weighted by molar-refractivity contribution is 6.23. The molecule has 17 heavy (non-hydrogen) atoms. The van der Waals surface area contributed by atoms with Crippen molar-refractivity contribution in [3.63, 3.8) is 0 Å². The molecule has 3 rings (SSSR count). The third kappa shape index (κ3) is 1.61. The lowest BCUT2D eigenvalue weighted by Crippen LogP contribution is -2.01. The van der Waals surface area contributed by atoms with Gasteiger partial charge in [0.05, 0.1) is 0 Å². The maximum Gasteiger partial charge on any atom is 0.274 e. The maximum atomic E-state index is 11.1. The van der Waals surface area contributed by atoms with Crippen LogP contribution in [0.1, 0.15) is 5.56 Å². The summed E-state index contributed by atoms with van der Waals surface area (Å²) in [5.74, 6) is -0.476. The van der Waals surface area contributed by atoms with Gasteiger partial charge < -0.3 is 5.11 Å². The number of aliphatic imine (C=N–C) groups is 1. The van der Waals surface area contributed by atoms with Crippen molar-refractivity contribution in [2.75, 3.05) is 0 Å². The predicted molar refractivity (Wildman–Crippen MR) is 66.2 cm³/mol. The molecule has 0 atom stereocenters. The summed E-state index contributed by atoms with van der Waals surface area (Å²) in [7, 11) is 0. The van der Waals surface area contributed by atoms with E-state index < -0.39 is 5.91 Å². The van der Waals surface area contributed by atoms with Crippen LogP contribution >= 0.6 is 0 Å². The van der Waals surface area contributed by atoms with Crippen molar-refractivity contribution in [2.45, 2.75) is 0 Å². The Labute approximate surface area is 97.7 Å². The lowest BCUT2D eigenvalue weighted by Gasteiger charge is -2.03. The molecule has 2 aromatic carbocycles. The standard InChI is InChI=1S/C14H9NO2/c16-12-8-13(17)15-14(12)11-6-5-9-3-1-2-4-10(9)7-11/h1-8,16H. The molecule has 1 aliphatic rings. The molecular formula is C14H9NO2. The summed E-state index contributed by atoms with van der Waals surface area (Å²) in [5, 5.41) is 11.8. The maximum absolute atomic E-state index is 11.1. The number of allylic oxidation sites excluding steroid dienone is 1. The minimum absolute atomic E-state index is 0.0646. The topological polar surface area (TPSA) is 49.7 Å². The Morgan fingerprint density at radius 3 is 2.47 bits per heavy atom. The molecule has 0 saturated carbocycles. The minimum Gasteiger partial charge on any atom is -0.505 e. The van der Waals surface area contributed by atoms with Crippen molar-refractivity contribution in [3.05, 3.63) is 59.9 Å². The normalized spacial score (nSPS) is 14.9. The van der Waals surface area contributed by atoms with Crippen molar-refractivity contribution in [2.24, 2.45) is 4.99 Å². The fourth-order valence-corrected chi connectivity index (χ4v) is 1.93. The van der Waals surface area contributed by atoms with Gasteiger partial charge in [-0.1, -0.05) is 36.4 Å². The van der Waals surface area contributed by atoms with Gasteiger partial charge in [-0.25, -0.2) is 4.99 Å². The Hall–Kier alpha value is -2.42. The van der Waals surface area contributed by atoms with Crippen molar-refractivity contribution in [1.29, 1.82) is 0 Å². The van der Waals surface area contributed by atoms with Gasteiger partial charge in [0.1, 0.15) is 11.5 Å². The first-order chi connectivity index (χ1) is 8.24. The summed E-state index contributed by atoms with van der Waals surface area (Å²) in [6.07, 6.45) is 1.13. The van der Waals surface area contributed by atoms with Gasteiger partial charge in [0.2, 0.25) is 0 Å². The number of carbonyl (C=O) groups excluding carboxylic acids is 1. The van der Waals surface area contributed by atoms with Crippen molar-refractivity contribution in [3.8, 4) is 0 Å². The zero-order valence-corrected chi connectivity index (χ0v) is 8.92. The van der Waals surface area contributed by atoms with E-state index in [1.54, 1.807) is 0 Å². The van der Waals surface area contributed by atoms with E-state index in [0.717, 1.165) is 22.4 Å². The van der Waals surface area contributed by atoms with Gasteiger partial charge in [0.25, 0.3) is 5.91 Å². The largest absolute Gasteiger partial charge is 0.505 e. The summed E-state index contributed by atoms with van der Waals surface area (Å²) >= 11 is 0. The lowest BCUT2D eigenvalue weighted by molar-refractivity contribution is -0.113. The molecule has 82 valence electrons. The SMILES string of the molecule is O=C1C=C(O)C(c2ccc3ccccc3c2)=N1. The summed E-state index contributed by atoms with van der Waals surface area (Å²) in [6, 6.07) is 13.6. The van der Waals surface area contributed by atoms with E-state index in [4.69, 9.17) is 0 Å². The second-order valence-corrected chi connectivity index (χ2v) is 3.89. The number of hydrogen-bond acceptors (Lipinski definition) is 2. The van der Waals surface area contributed by atoms with Gasteiger partial charge in [-0.15, -0.1) is 0 Å². The van der Waals surface area contributed by atoms with Gasteiger partial charge in [-0.05, 0) is 16.8 Å². The highest BCUT2D eigenvalue weighted by atomic mass is 16.3. The zero-order chi connectivity index (χ0) is 11.8. The van der Waals surface area contributed by atoms with Crippen LogP contribution in [0.25, 0.3) is 10.8 Å². The van der Waals surface area contributed by atoms with E-state index >= 15 is 0 Å². The monoisotopic (exact) mass is 223 g/mol. The number of benzene rings is 2. The second-order valence-electron chi connectivity index (χ2n) is 3.89. The molecule has 3 heteroatoms. The number of carbonyl (C=O) groups is 1. The lowest BCUT2D eigenvalue weighted by atomic mass is 10.0. The average molecular weight is 223 g/mol. The number of aliphatic hydroxyl groups is 1. The summed E-state index contributed by atoms with van der Waals surface area (Å²) in [6.45, 7) is 0. The second kappa shape index (κ2) is 3.56. The molecule has 0 unspecified atom stereocenters. The van der Waals surface area contributed by atoms with Crippen LogP contribution in [-0.4, -0.2) is 16.7 Å². The molecule has 0 fully saturated rings. The molecule has 0 spiro atoms. The van der Waals surface area contributed by atoms with Crippen molar-refractivity contribution >= 4 is 22.4 Å². The molecule has 1 N–H and O–H groups in total. The number of hydrogen-bond donors (Lipinski definition) is 1. The quantitative estimate of drug-likeness (QED) is 0.807. The minimum atomic E-state index is -0.411. The fourth-order valence-electron chi connectivity index (χ4n) is 1.93. The van der Waals surface area contributed by atoms with Gasteiger partial charge in [0, 0.05) is 11.6 Å². The number of amides is 1. The number of fused-ring (bicyclic) bond motifs is 1. The Morgan fingerprint density at radius 2 is 1.76 bits per heavy atom. The zero-order valence-electron chi connectivity index (χ0n) is 8.92. The highest BCUT2D eigenvalue weighted by Crippen LogP contribution is 2.19. The van der Waals surface area contributed by atoms with E-state index in [-0.39, 0.29) is 5.76 Å². The van der Waals surface area contributed by atoms with E-state index in [1.807, 2.05) is 42.5 Å². The molecule has 0 radical (unpaired) electrons. The molecule has 0 bridgehead atoms. The Balaban J connectivity index is 2.17. The van der Waals surface area contributed by atoms with Gasteiger partial charge in [-0.3, -0.25) is 4.79 Å². The average Bonchev–Trinajstić information content (AvgIpc) is 2.68. The van der Waals surface area contributed by atoms with Crippen LogP contribution in [0.5, 0.6) is 0 Å². The molecular weight excluding hydrogens is 214 g/mol. The third-order valence-electron chi connectivity index (χ3n) is 2.75. The summed E-state index contributed by atoms with van der Waals surface area (Å²) in [5.41, 5.74) is 1.10. The number of rotatable bonds is 1. The first kappa shape index (κ1) is 9.78. The predicted octanol–water partition coefficient (Wildman–Crippen LogP) is 2.61. The smallest absolute Gasteiger partial charge is 0.274 e. The molecule has 0 saturated heterocycles. The number of nitrogens with zero attached hydrogens (tertiary/aromatic N) is 1. The van der Waals surface area contributed by atoms with Crippen LogP contribution in [0.4, 0.5) is 0 Å². The molecule has 3 nitrogen and oxygen atoms in total. The van der Waals surface area contributed by atoms with E-state index in [1.165, 1.54) is 0 Å². The highest BCUT2D eigenvalue weighted by Gasteiger charge is 2.17.